The lowest BCUT2D eigenvalue weighted by molar-refractivity contribution is 0.795. The summed E-state index contributed by atoms with van der Waals surface area (Å²) in [6, 6.07) is 40.8. The van der Waals surface area contributed by atoms with Gasteiger partial charge in [0.15, 0.2) is 0 Å². The van der Waals surface area contributed by atoms with E-state index in [9.17, 15) is 0 Å². The van der Waals surface area contributed by atoms with Crippen molar-refractivity contribution in [2.24, 2.45) is 0 Å². The summed E-state index contributed by atoms with van der Waals surface area (Å²) >= 11 is 0. The van der Waals surface area contributed by atoms with Crippen LogP contribution in [0.25, 0.3) is 39.0 Å². The summed E-state index contributed by atoms with van der Waals surface area (Å²) in [4.78, 5) is 0. The van der Waals surface area contributed by atoms with Gasteiger partial charge in [0.2, 0.25) is 0 Å². The van der Waals surface area contributed by atoms with E-state index in [0.717, 1.165) is 6.42 Å². The first-order valence-electron chi connectivity index (χ1n) is 13.7. The molecule has 0 bridgehead atoms. The molecule has 2 aliphatic carbocycles. The molecule has 0 unspecified atom stereocenters. The van der Waals surface area contributed by atoms with E-state index in [1.165, 1.54) is 72.3 Å². The van der Waals surface area contributed by atoms with Crippen molar-refractivity contribution < 1.29 is 0 Å². The van der Waals surface area contributed by atoms with Gasteiger partial charge in [-0.05, 0) is 91.7 Å². The van der Waals surface area contributed by atoms with Gasteiger partial charge in [-0.25, -0.2) is 0 Å². The van der Waals surface area contributed by atoms with Crippen LogP contribution < -0.4 is 0 Å². The molecule has 0 aromatic heterocycles. The van der Waals surface area contributed by atoms with Crippen molar-refractivity contribution in [3.8, 4) is 33.4 Å². The van der Waals surface area contributed by atoms with Crippen LogP contribution in [0.4, 0.5) is 0 Å². The van der Waals surface area contributed by atoms with Crippen molar-refractivity contribution in [2.75, 3.05) is 0 Å². The molecule has 186 valence electrons. The molecule has 2 aliphatic rings. The lowest BCUT2D eigenvalue weighted by Gasteiger charge is -2.32. The lowest BCUT2D eigenvalue weighted by atomic mass is 9.68. The van der Waals surface area contributed by atoms with E-state index >= 15 is 0 Å². The topological polar surface area (TPSA) is 0 Å². The molecule has 0 atom stereocenters. The Bertz CT molecular complexity index is 1760. The highest BCUT2D eigenvalue weighted by Crippen LogP contribution is 2.64. The number of fused-ring (bicyclic) bond motifs is 10. The molecule has 0 saturated heterocycles. The first-order valence-corrected chi connectivity index (χ1v) is 13.7. The van der Waals surface area contributed by atoms with Gasteiger partial charge in [0.05, 0.1) is 5.41 Å². The predicted molar refractivity (Wildman–Crippen MR) is 166 cm³/mol. The third-order valence-electron chi connectivity index (χ3n) is 8.52. The first-order chi connectivity index (χ1) is 19.2. The second-order valence-corrected chi connectivity index (χ2v) is 10.6. The summed E-state index contributed by atoms with van der Waals surface area (Å²) < 4.78 is 0. The molecular formula is C39H30. The highest BCUT2D eigenvalue weighted by Gasteiger charge is 2.52. The monoisotopic (exact) mass is 498 g/mol. The molecule has 0 heteroatoms. The largest absolute Gasteiger partial charge is 0.103 e. The zero-order valence-electron chi connectivity index (χ0n) is 22.2. The van der Waals surface area contributed by atoms with Gasteiger partial charge in [-0.3, -0.25) is 0 Å². The van der Waals surface area contributed by atoms with Crippen molar-refractivity contribution >= 4 is 5.57 Å². The molecule has 0 saturated carbocycles. The van der Waals surface area contributed by atoms with Gasteiger partial charge in [0.25, 0.3) is 0 Å². The van der Waals surface area contributed by atoms with Crippen molar-refractivity contribution in [3.63, 3.8) is 0 Å². The van der Waals surface area contributed by atoms with E-state index in [0.29, 0.717) is 0 Å². The van der Waals surface area contributed by atoms with E-state index in [2.05, 4.69) is 135 Å². The molecule has 5 aromatic carbocycles. The van der Waals surface area contributed by atoms with Crippen molar-refractivity contribution in [1.29, 1.82) is 0 Å². The third kappa shape index (κ3) is 3.25. The summed E-state index contributed by atoms with van der Waals surface area (Å²) in [6.45, 7) is 10.1. The number of allylic oxidation sites excluding steroid dienone is 4. The molecule has 0 amide bonds. The minimum absolute atomic E-state index is 0.365. The molecule has 5 aromatic rings. The molecule has 1 spiro atoms. The summed E-state index contributed by atoms with van der Waals surface area (Å²) in [5.74, 6) is 0. The predicted octanol–water partition coefficient (Wildman–Crippen LogP) is 10.0. The fourth-order valence-corrected chi connectivity index (χ4v) is 7.03. The lowest BCUT2D eigenvalue weighted by Crippen LogP contribution is -2.26. The Labute approximate surface area is 231 Å². The molecule has 0 heterocycles. The summed E-state index contributed by atoms with van der Waals surface area (Å²) in [6.07, 6.45) is 6.78. The molecule has 0 aliphatic heterocycles. The quantitative estimate of drug-likeness (QED) is 0.164. The van der Waals surface area contributed by atoms with Crippen LogP contribution in [-0.4, -0.2) is 0 Å². The third-order valence-corrected chi connectivity index (χ3v) is 8.52. The normalized spacial score (nSPS) is 13.9. The Balaban J connectivity index is 1.62. The maximum Gasteiger partial charge on any atom is 0.0731 e. The molecule has 0 fully saturated rings. The summed E-state index contributed by atoms with van der Waals surface area (Å²) in [5.41, 5.74) is 16.7. The van der Waals surface area contributed by atoms with Crippen molar-refractivity contribution in [3.05, 3.63) is 174 Å². The fraction of sp³-hybridized carbons (Fsp3) is 0.0769. The second kappa shape index (κ2) is 8.96. The van der Waals surface area contributed by atoms with Crippen molar-refractivity contribution in [1.82, 2.24) is 0 Å². The van der Waals surface area contributed by atoms with Gasteiger partial charge >= 0.3 is 0 Å². The molecule has 7 rings (SSSR count). The van der Waals surface area contributed by atoms with Crippen LogP contribution in [-0.2, 0) is 11.8 Å². The molecule has 0 N–H and O–H groups in total. The van der Waals surface area contributed by atoms with E-state index in [-0.39, 0.29) is 5.41 Å². The Hall–Kier alpha value is -4.68. The smallest absolute Gasteiger partial charge is 0.0731 e. The molecule has 0 radical (unpaired) electrons. The van der Waals surface area contributed by atoms with Gasteiger partial charge in [-0.15, -0.1) is 6.58 Å². The van der Waals surface area contributed by atoms with Gasteiger partial charge in [-0.1, -0.05) is 128 Å². The maximum absolute atomic E-state index is 4.03. The Morgan fingerprint density at radius 1 is 0.641 bits per heavy atom. The second-order valence-electron chi connectivity index (χ2n) is 10.6. The number of hydrogen-bond acceptors (Lipinski definition) is 0. The van der Waals surface area contributed by atoms with Crippen LogP contribution in [0, 0.1) is 0 Å². The Morgan fingerprint density at radius 2 is 1.18 bits per heavy atom. The van der Waals surface area contributed by atoms with E-state index < -0.39 is 0 Å². The number of benzene rings is 5. The minimum Gasteiger partial charge on any atom is -0.103 e. The number of rotatable bonds is 5. The summed E-state index contributed by atoms with van der Waals surface area (Å²) in [5, 5.41) is 0. The molecule has 39 heavy (non-hydrogen) atoms. The number of hydrogen-bond donors (Lipinski definition) is 0. The van der Waals surface area contributed by atoms with Gasteiger partial charge < -0.3 is 0 Å². The van der Waals surface area contributed by atoms with E-state index in [1.54, 1.807) is 0 Å². The Morgan fingerprint density at radius 3 is 1.77 bits per heavy atom. The van der Waals surface area contributed by atoms with Gasteiger partial charge in [0, 0.05) is 0 Å². The first kappa shape index (κ1) is 23.4. The maximum atomic E-state index is 4.03. The van der Waals surface area contributed by atoms with Crippen LogP contribution >= 0.6 is 0 Å². The van der Waals surface area contributed by atoms with Crippen molar-refractivity contribution in [2.45, 2.75) is 18.8 Å². The van der Waals surface area contributed by atoms with Crippen LogP contribution in [0.5, 0.6) is 0 Å². The fourth-order valence-electron chi connectivity index (χ4n) is 7.03. The van der Waals surface area contributed by atoms with Gasteiger partial charge in [-0.2, -0.15) is 0 Å². The average molecular weight is 499 g/mol. The van der Waals surface area contributed by atoms with Crippen LogP contribution in [0.15, 0.2) is 141 Å². The Kier molecular flexibility index (Phi) is 5.39. The zero-order valence-corrected chi connectivity index (χ0v) is 22.2. The van der Waals surface area contributed by atoms with Gasteiger partial charge in [0.1, 0.15) is 0 Å². The zero-order chi connectivity index (χ0) is 26.6. The minimum atomic E-state index is -0.365. The molecule has 0 nitrogen and oxygen atoms in total. The van der Waals surface area contributed by atoms with E-state index in [1.807, 2.05) is 12.2 Å². The average Bonchev–Trinajstić information content (AvgIpc) is 3.45. The van der Waals surface area contributed by atoms with Crippen LogP contribution in [0.2, 0.25) is 0 Å². The van der Waals surface area contributed by atoms with E-state index in [4.69, 9.17) is 0 Å². The highest BCUT2D eigenvalue weighted by atomic mass is 14.5. The highest BCUT2D eigenvalue weighted by molar-refractivity contribution is 5.98. The standard InChI is InChI=1S/C39H30/c1-4-13-26(3)28-23-27(14-5-2)24-29(25-28)30-18-12-19-34-33-17-8-11-22-37(33)39(38(30)34)35-20-9-6-15-31(35)32-16-7-10-21-36(32)39/h4-13,15-25H,1-2,14H2,3H3. The van der Waals surface area contributed by atoms with Crippen LogP contribution in [0.3, 0.4) is 0 Å². The van der Waals surface area contributed by atoms with Crippen LogP contribution in [0.1, 0.15) is 40.3 Å². The summed E-state index contributed by atoms with van der Waals surface area (Å²) in [7, 11) is 0. The SMILES string of the molecule is C=CC=C(C)c1cc(CC=C)cc(-c2cccc3c2C2(c4ccccc4-c4ccccc42)c2ccccc2-3)c1. The molecular weight excluding hydrogens is 468 g/mol.